The second-order valence-electron chi connectivity index (χ2n) is 8.78. The van der Waals surface area contributed by atoms with Gasteiger partial charge in [0, 0.05) is 18.3 Å². The van der Waals surface area contributed by atoms with Gasteiger partial charge in [0.25, 0.3) is 5.89 Å². The topological polar surface area (TPSA) is 142 Å². The SMILES string of the molecule is C1CC1.CC(c1ccc(-c2cnc(N)cn2)nc1)c1noc(-c2cnn(CC(C)(C)O)c2)n1. The predicted molar refractivity (Wildman–Crippen MR) is 123 cm³/mol. The standard InChI is InChI=1S/C20H22N8O2.C3H6/c1-12(13-4-5-15(22-6-13)16-8-24-17(21)9-23-16)18-26-19(30-27-18)14-7-25-28(10-14)11-20(2,3)29;1-2-3-1/h4-10,12,29H,11H2,1-3H3,(H2,21,24);1-3H2. The van der Waals surface area contributed by atoms with E-state index in [0.717, 1.165) is 5.56 Å². The number of nitrogens with zero attached hydrogens (tertiary/aromatic N) is 7. The molecule has 0 saturated heterocycles. The summed E-state index contributed by atoms with van der Waals surface area (Å²) in [5, 5.41) is 18.3. The number of pyridine rings is 1. The summed E-state index contributed by atoms with van der Waals surface area (Å²) < 4.78 is 7.06. The number of aliphatic hydroxyl groups is 1. The van der Waals surface area contributed by atoms with Gasteiger partial charge in [-0.25, -0.2) is 9.97 Å². The molecule has 4 aromatic rings. The van der Waals surface area contributed by atoms with Crippen molar-refractivity contribution in [3.63, 3.8) is 0 Å². The molecule has 0 radical (unpaired) electrons. The molecular formula is C23H28N8O2. The summed E-state index contributed by atoms with van der Waals surface area (Å²) in [7, 11) is 0. The smallest absolute Gasteiger partial charge is 0.261 e. The summed E-state index contributed by atoms with van der Waals surface area (Å²) >= 11 is 0. The average Bonchev–Trinajstić information content (AvgIpc) is 3.47. The Morgan fingerprint density at radius 2 is 1.82 bits per heavy atom. The van der Waals surface area contributed by atoms with E-state index in [0.29, 0.717) is 41.0 Å². The van der Waals surface area contributed by atoms with Crippen molar-refractivity contribution in [2.75, 3.05) is 5.73 Å². The predicted octanol–water partition coefficient (Wildman–Crippen LogP) is 3.46. The van der Waals surface area contributed by atoms with Gasteiger partial charge in [0.05, 0.1) is 42.0 Å². The Bertz CT molecular complexity index is 1170. The van der Waals surface area contributed by atoms with E-state index in [1.54, 1.807) is 43.3 Å². The van der Waals surface area contributed by atoms with Crippen LogP contribution in [0.1, 0.15) is 57.3 Å². The average molecular weight is 449 g/mol. The molecule has 1 aliphatic carbocycles. The number of hydrogen-bond donors (Lipinski definition) is 2. The molecule has 3 N–H and O–H groups in total. The molecule has 10 heteroatoms. The molecule has 172 valence electrons. The maximum atomic E-state index is 9.93. The lowest BCUT2D eigenvalue weighted by atomic mass is 10.0. The van der Waals surface area contributed by atoms with Crippen molar-refractivity contribution in [3.8, 4) is 22.8 Å². The van der Waals surface area contributed by atoms with Crippen LogP contribution in [0.4, 0.5) is 5.82 Å². The van der Waals surface area contributed by atoms with Gasteiger partial charge in [0.15, 0.2) is 5.82 Å². The van der Waals surface area contributed by atoms with Crippen LogP contribution in [-0.2, 0) is 6.54 Å². The number of aromatic nitrogens is 7. The lowest BCUT2D eigenvalue weighted by Crippen LogP contribution is -2.26. The molecule has 4 heterocycles. The quantitative estimate of drug-likeness (QED) is 0.453. The van der Waals surface area contributed by atoms with Crippen LogP contribution in [-0.4, -0.2) is 45.6 Å². The van der Waals surface area contributed by atoms with Crippen molar-refractivity contribution in [1.29, 1.82) is 0 Å². The van der Waals surface area contributed by atoms with Crippen molar-refractivity contribution in [2.45, 2.75) is 58.1 Å². The first-order valence-corrected chi connectivity index (χ1v) is 10.9. The number of rotatable bonds is 6. The molecular weight excluding hydrogens is 420 g/mol. The number of anilines is 1. The molecule has 0 amide bonds. The van der Waals surface area contributed by atoms with E-state index in [1.807, 2.05) is 19.1 Å². The van der Waals surface area contributed by atoms with Gasteiger partial charge in [0.1, 0.15) is 11.5 Å². The van der Waals surface area contributed by atoms with E-state index < -0.39 is 5.60 Å². The van der Waals surface area contributed by atoms with E-state index >= 15 is 0 Å². The van der Waals surface area contributed by atoms with Gasteiger partial charge in [-0.3, -0.25) is 9.67 Å². The first kappa shape index (κ1) is 22.5. The first-order chi connectivity index (χ1) is 15.8. The fraction of sp³-hybridized carbons (Fsp3) is 0.391. The molecule has 0 bridgehead atoms. The lowest BCUT2D eigenvalue weighted by Gasteiger charge is -2.16. The Labute approximate surface area is 191 Å². The minimum absolute atomic E-state index is 0.118. The monoisotopic (exact) mass is 448 g/mol. The van der Waals surface area contributed by atoms with Crippen LogP contribution in [0.15, 0.2) is 47.6 Å². The van der Waals surface area contributed by atoms with Gasteiger partial charge in [-0.05, 0) is 25.5 Å². The third-order valence-electron chi connectivity index (χ3n) is 4.83. The molecule has 1 unspecified atom stereocenters. The van der Waals surface area contributed by atoms with Crippen molar-refractivity contribution in [3.05, 3.63) is 54.5 Å². The van der Waals surface area contributed by atoms with Gasteiger partial charge in [-0.1, -0.05) is 37.4 Å². The molecule has 1 aliphatic rings. The summed E-state index contributed by atoms with van der Waals surface area (Å²) in [6.07, 6.45) is 12.7. The number of nitrogens with two attached hydrogens (primary N) is 1. The summed E-state index contributed by atoms with van der Waals surface area (Å²) in [5.41, 5.74) is 7.69. The Morgan fingerprint density at radius 1 is 1.06 bits per heavy atom. The Balaban J connectivity index is 0.000000799. The van der Waals surface area contributed by atoms with Crippen LogP contribution >= 0.6 is 0 Å². The van der Waals surface area contributed by atoms with E-state index in [9.17, 15) is 5.11 Å². The van der Waals surface area contributed by atoms with Crippen LogP contribution in [0.25, 0.3) is 22.8 Å². The lowest BCUT2D eigenvalue weighted by molar-refractivity contribution is 0.0577. The third-order valence-corrected chi connectivity index (χ3v) is 4.83. The second-order valence-corrected chi connectivity index (χ2v) is 8.78. The highest BCUT2D eigenvalue weighted by Crippen LogP contribution is 2.26. The van der Waals surface area contributed by atoms with E-state index in [-0.39, 0.29) is 5.92 Å². The van der Waals surface area contributed by atoms with Crippen LogP contribution in [0.3, 0.4) is 0 Å². The van der Waals surface area contributed by atoms with Crippen LogP contribution < -0.4 is 5.73 Å². The largest absolute Gasteiger partial charge is 0.389 e. The molecule has 4 aromatic heterocycles. The number of hydrogen-bond acceptors (Lipinski definition) is 9. The van der Waals surface area contributed by atoms with E-state index in [2.05, 4.69) is 30.2 Å². The van der Waals surface area contributed by atoms with Gasteiger partial charge < -0.3 is 15.4 Å². The van der Waals surface area contributed by atoms with Crippen LogP contribution in [0.5, 0.6) is 0 Å². The summed E-state index contributed by atoms with van der Waals surface area (Å²) in [4.78, 5) is 17.2. The van der Waals surface area contributed by atoms with Crippen molar-refractivity contribution in [2.24, 2.45) is 0 Å². The Hall–Kier alpha value is -3.66. The zero-order chi connectivity index (χ0) is 23.4. The zero-order valence-corrected chi connectivity index (χ0v) is 19.0. The molecule has 10 nitrogen and oxygen atoms in total. The molecule has 1 fully saturated rings. The molecule has 0 aromatic carbocycles. The highest BCUT2D eigenvalue weighted by atomic mass is 16.5. The van der Waals surface area contributed by atoms with E-state index in [4.69, 9.17) is 10.3 Å². The highest BCUT2D eigenvalue weighted by molar-refractivity contribution is 5.54. The van der Waals surface area contributed by atoms with Gasteiger partial charge in [0.2, 0.25) is 0 Å². The first-order valence-electron chi connectivity index (χ1n) is 10.9. The zero-order valence-electron chi connectivity index (χ0n) is 19.0. The number of nitrogen functional groups attached to an aromatic ring is 1. The fourth-order valence-corrected chi connectivity index (χ4v) is 2.92. The van der Waals surface area contributed by atoms with Gasteiger partial charge >= 0.3 is 0 Å². The van der Waals surface area contributed by atoms with E-state index in [1.165, 1.54) is 25.5 Å². The summed E-state index contributed by atoms with van der Waals surface area (Å²) in [6, 6.07) is 3.82. The summed E-state index contributed by atoms with van der Waals surface area (Å²) in [6.45, 7) is 5.78. The minimum atomic E-state index is -0.866. The maximum Gasteiger partial charge on any atom is 0.261 e. The Morgan fingerprint density at radius 3 is 2.42 bits per heavy atom. The molecule has 0 spiro atoms. The molecule has 1 saturated carbocycles. The fourth-order valence-electron chi connectivity index (χ4n) is 2.92. The highest BCUT2D eigenvalue weighted by Gasteiger charge is 2.19. The third kappa shape index (κ3) is 6.19. The minimum Gasteiger partial charge on any atom is -0.389 e. The van der Waals surface area contributed by atoms with Gasteiger partial charge in [-0.15, -0.1) is 0 Å². The van der Waals surface area contributed by atoms with Crippen molar-refractivity contribution >= 4 is 5.82 Å². The summed E-state index contributed by atoms with van der Waals surface area (Å²) in [5.74, 6) is 1.16. The van der Waals surface area contributed by atoms with Crippen molar-refractivity contribution in [1.82, 2.24) is 34.9 Å². The second kappa shape index (κ2) is 9.45. The molecule has 1 atom stereocenters. The molecule has 33 heavy (non-hydrogen) atoms. The van der Waals surface area contributed by atoms with Crippen molar-refractivity contribution < 1.29 is 9.63 Å². The Kier molecular flexibility index (Phi) is 6.45. The normalized spacial score (nSPS) is 13.8. The van der Waals surface area contributed by atoms with Gasteiger partial charge in [-0.2, -0.15) is 10.1 Å². The molecule has 5 rings (SSSR count). The molecule has 0 aliphatic heterocycles. The van der Waals surface area contributed by atoms with Crippen LogP contribution in [0, 0.1) is 0 Å². The maximum absolute atomic E-state index is 9.93. The van der Waals surface area contributed by atoms with Crippen LogP contribution in [0.2, 0.25) is 0 Å².